The third-order valence-corrected chi connectivity index (χ3v) is 4.87. The first-order valence-corrected chi connectivity index (χ1v) is 9.27. The first-order valence-electron chi connectivity index (χ1n) is 8.40. The molecule has 9 heteroatoms. The predicted octanol–water partition coefficient (Wildman–Crippen LogP) is 3.44. The average Bonchev–Trinajstić information content (AvgIpc) is 3.08. The van der Waals surface area contributed by atoms with Crippen molar-refractivity contribution in [2.45, 2.75) is 25.7 Å². The number of alkyl halides is 3. The molecule has 5 nitrogen and oxygen atoms in total. The second-order valence-electron chi connectivity index (χ2n) is 6.32. The van der Waals surface area contributed by atoms with Crippen molar-refractivity contribution in [1.82, 2.24) is 20.5 Å². The summed E-state index contributed by atoms with van der Waals surface area (Å²) in [5, 5.41) is 7.60. The van der Waals surface area contributed by atoms with Crippen LogP contribution < -0.4 is 10.6 Å². The highest BCUT2D eigenvalue weighted by Gasteiger charge is 2.33. The van der Waals surface area contributed by atoms with Crippen LogP contribution in [0.2, 0.25) is 0 Å². The molecular formula is C18H24F3N5S. The molecule has 1 heterocycles. The van der Waals surface area contributed by atoms with E-state index in [0.29, 0.717) is 17.5 Å². The second-order valence-corrected chi connectivity index (χ2v) is 7.26. The summed E-state index contributed by atoms with van der Waals surface area (Å²) in [5.41, 5.74) is 1.51. The fraction of sp³-hybridized carbons (Fsp3) is 0.444. The molecule has 0 amide bonds. The standard InChI is InChI=1S/C18H24F3N5S/c1-12-5-7-13(8-6-12)14(26(3)4)9-23-17(22-2)24-10-16-25-15(11-27-16)18(19,20)21/h5-8,11,14H,9-10H2,1-4H3,(H2,22,23,24). The number of nitrogens with one attached hydrogen (secondary N) is 2. The van der Waals surface area contributed by atoms with Crippen LogP contribution in [0.1, 0.15) is 27.9 Å². The van der Waals surface area contributed by atoms with Crippen molar-refractivity contribution in [3.63, 3.8) is 0 Å². The Balaban J connectivity index is 1.93. The number of nitrogens with zero attached hydrogens (tertiary/aromatic N) is 3. The van der Waals surface area contributed by atoms with Crippen LogP contribution in [0.25, 0.3) is 0 Å². The highest BCUT2D eigenvalue weighted by molar-refractivity contribution is 7.09. The SMILES string of the molecule is CN=C(NCc1nc(C(F)(F)F)cs1)NCC(c1ccc(C)cc1)N(C)C. The van der Waals surface area contributed by atoms with E-state index in [0.717, 1.165) is 16.7 Å². The van der Waals surface area contributed by atoms with E-state index in [1.54, 1.807) is 7.05 Å². The van der Waals surface area contributed by atoms with E-state index in [-0.39, 0.29) is 12.6 Å². The largest absolute Gasteiger partial charge is 0.434 e. The fourth-order valence-corrected chi connectivity index (χ4v) is 3.22. The molecule has 0 saturated heterocycles. The minimum absolute atomic E-state index is 0.126. The fourth-order valence-electron chi connectivity index (χ4n) is 2.48. The molecule has 0 spiro atoms. The normalized spacial score (nSPS) is 13.7. The molecule has 27 heavy (non-hydrogen) atoms. The molecular weight excluding hydrogens is 375 g/mol. The summed E-state index contributed by atoms with van der Waals surface area (Å²) >= 11 is 0.972. The molecule has 0 aliphatic rings. The monoisotopic (exact) mass is 399 g/mol. The molecule has 1 atom stereocenters. The van der Waals surface area contributed by atoms with Gasteiger partial charge in [-0.05, 0) is 26.6 Å². The number of aryl methyl sites for hydroxylation is 1. The van der Waals surface area contributed by atoms with Gasteiger partial charge in [0.2, 0.25) is 0 Å². The minimum Gasteiger partial charge on any atom is -0.354 e. The van der Waals surface area contributed by atoms with Gasteiger partial charge < -0.3 is 15.5 Å². The molecule has 1 aromatic heterocycles. The Kier molecular flexibility index (Phi) is 7.20. The van der Waals surface area contributed by atoms with Crippen molar-refractivity contribution in [2.24, 2.45) is 4.99 Å². The van der Waals surface area contributed by atoms with Gasteiger partial charge in [0, 0.05) is 19.0 Å². The quantitative estimate of drug-likeness (QED) is 0.577. The number of thiazole rings is 1. The number of rotatable bonds is 6. The van der Waals surface area contributed by atoms with E-state index in [9.17, 15) is 13.2 Å². The lowest BCUT2D eigenvalue weighted by molar-refractivity contribution is -0.140. The summed E-state index contributed by atoms with van der Waals surface area (Å²) < 4.78 is 37.9. The topological polar surface area (TPSA) is 52.6 Å². The number of aliphatic imine (C=N–C) groups is 1. The molecule has 148 valence electrons. The lowest BCUT2D eigenvalue weighted by atomic mass is 10.0. The summed E-state index contributed by atoms with van der Waals surface area (Å²) in [6, 6.07) is 8.44. The van der Waals surface area contributed by atoms with Gasteiger partial charge in [-0.25, -0.2) is 4.98 Å². The van der Waals surface area contributed by atoms with Crippen LogP contribution in [0.5, 0.6) is 0 Å². The van der Waals surface area contributed by atoms with E-state index < -0.39 is 11.9 Å². The molecule has 2 aromatic rings. The molecule has 0 fully saturated rings. The average molecular weight is 399 g/mol. The number of guanidine groups is 1. The number of hydrogen-bond donors (Lipinski definition) is 2. The van der Waals surface area contributed by atoms with Crippen LogP contribution >= 0.6 is 11.3 Å². The van der Waals surface area contributed by atoms with E-state index in [1.165, 1.54) is 11.1 Å². The smallest absolute Gasteiger partial charge is 0.354 e. The number of halogens is 3. The molecule has 0 aliphatic heterocycles. The van der Waals surface area contributed by atoms with Gasteiger partial charge in [-0.15, -0.1) is 11.3 Å². The Bertz CT molecular complexity index is 753. The third-order valence-electron chi connectivity index (χ3n) is 4.02. The van der Waals surface area contributed by atoms with Crippen LogP contribution in [-0.4, -0.2) is 43.5 Å². The molecule has 1 aromatic carbocycles. The number of likely N-dealkylation sites (N-methyl/N-ethyl adjacent to an activating group) is 1. The van der Waals surface area contributed by atoms with Gasteiger partial charge in [0.05, 0.1) is 12.6 Å². The maximum atomic E-state index is 12.6. The van der Waals surface area contributed by atoms with Crippen LogP contribution in [0, 0.1) is 6.92 Å². The summed E-state index contributed by atoms with van der Waals surface area (Å²) in [6.07, 6.45) is -4.42. The molecule has 0 aliphatic carbocycles. The van der Waals surface area contributed by atoms with Gasteiger partial charge >= 0.3 is 6.18 Å². The zero-order valence-electron chi connectivity index (χ0n) is 15.8. The first kappa shape index (κ1) is 21.2. The predicted molar refractivity (Wildman–Crippen MR) is 103 cm³/mol. The second kappa shape index (κ2) is 9.18. The van der Waals surface area contributed by atoms with E-state index in [4.69, 9.17) is 0 Å². The minimum atomic E-state index is -4.42. The molecule has 0 bridgehead atoms. The lowest BCUT2D eigenvalue weighted by Gasteiger charge is -2.26. The Morgan fingerprint density at radius 1 is 1.22 bits per heavy atom. The van der Waals surface area contributed by atoms with Crippen molar-refractivity contribution in [3.05, 3.63) is 51.5 Å². The van der Waals surface area contributed by atoms with E-state index >= 15 is 0 Å². The van der Waals surface area contributed by atoms with Gasteiger partial charge in [0.25, 0.3) is 0 Å². The van der Waals surface area contributed by atoms with Crippen molar-refractivity contribution in [1.29, 1.82) is 0 Å². The third kappa shape index (κ3) is 6.21. The van der Waals surface area contributed by atoms with Gasteiger partial charge in [-0.3, -0.25) is 4.99 Å². The Hall–Kier alpha value is -2.13. The van der Waals surface area contributed by atoms with Crippen molar-refractivity contribution >= 4 is 17.3 Å². The lowest BCUT2D eigenvalue weighted by Crippen LogP contribution is -2.41. The summed E-state index contributed by atoms with van der Waals surface area (Å²) in [6.45, 7) is 2.82. The number of benzene rings is 1. The maximum absolute atomic E-state index is 12.6. The highest BCUT2D eigenvalue weighted by Crippen LogP contribution is 2.29. The van der Waals surface area contributed by atoms with E-state index in [1.807, 2.05) is 21.0 Å². The molecule has 0 radical (unpaired) electrons. The molecule has 0 saturated carbocycles. The number of aromatic nitrogens is 1. The maximum Gasteiger partial charge on any atom is 0.434 e. The zero-order chi connectivity index (χ0) is 20.0. The van der Waals surface area contributed by atoms with Crippen LogP contribution in [0.4, 0.5) is 13.2 Å². The van der Waals surface area contributed by atoms with Crippen molar-refractivity contribution in [3.8, 4) is 0 Å². The summed E-state index contributed by atoms with van der Waals surface area (Å²) in [5.74, 6) is 0.512. The Morgan fingerprint density at radius 3 is 2.41 bits per heavy atom. The summed E-state index contributed by atoms with van der Waals surface area (Å²) in [4.78, 5) is 9.83. The van der Waals surface area contributed by atoms with Gasteiger partial charge in [0.1, 0.15) is 5.01 Å². The zero-order valence-corrected chi connectivity index (χ0v) is 16.6. The highest BCUT2D eigenvalue weighted by atomic mass is 32.1. The molecule has 2 rings (SSSR count). The van der Waals surface area contributed by atoms with Crippen LogP contribution in [0.3, 0.4) is 0 Å². The van der Waals surface area contributed by atoms with Crippen LogP contribution in [-0.2, 0) is 12.7 Å². The van der Waals surface area contributed by atoms with Gasteiger partial charge in [-0.1, -0.05) is 29.8 Å². The van der Waals surface area contributed by atoms with E-state index in [2.05, 4.69) is 49.8 Å². The van der Waals surface area contributed by atoms with Gasteiger partial charge in [0.15, 0.2) is 11.7 Å². The Morgan fingerprint density at radius 2 is 1.89 bits per heavy atom. The van der Waals surface area contributed by atoms with Crippen molar-refractivity contribution < 1.29 is 13.2 Å². The van der Waals surface area contributed by atoms with Gasteiger partial charge in [-0.2, -0.15) is 13.2 Å². The Labute approximate surface area is 161 Å². The molecule has 1 unspecified atom stereocenters. The molecule has 2 N–H and O–H groups in total. The first-order chi connectivity index (χ1) is 12.7. The van der Waals surface area contributed by atoms with Crippen molar-refractivity contribution in [2.75, 3.05) is 27.7 Å². The van der Waals surface area contributed by atoms with Crippen LogP contribution in [0.15, 0.2) is 34.6 Å². The number of hydrogen-bond acceptors (Lipinski definition) is 4. The summed E-state index contributed by atoms with van der Waals surface area (Å²) in [7, 11) is 5.61.